The first kappa shape index (κ1) is 11.2. The van der Waals surface area contributed by atoms with E-state index >= 15 is 0 Å². The molecule has 1 aliphatic heterocycles. The van der Waals surface area contributed by atoms with Gasteiger partial charge < -0.3 is 15.0 Å². The Bertz CT molecular complexity index is 335. The van der Waals surface area contributed by atoms with Crippen LogP contribution in [0.5, 0.6) is 5.75 Å². The number of nitrogens with zero attached hydrogens (tertiary/aromatic N) is 2. The van der Waals surface area contributed by atoms with Crippen molar-refractivity contribution in [1.82, 2.24) is 10.3 Å². The lowest BCUT2D eigenvalue weighted by Crippen LogP contribution is -2.37. The molecule has 1 aromatic rings. The minimum absolute atomic E-state index is 0.275. The Morgan fingerprint density at radius 2 is 2.38 bits per heavy atom. The van der Waals surface area contributed by atoms with Gasteiger partial charge in [-0.05, 0) is 31.5 Å². The maximum atomic E-state index is 5.98. The molecule has 1 unspecified atom stereocenters. The van der Waals surface area contributed by atoms with Crippen LogP contribution in [-0.2, 0) is 0 Å². The molecule has 1 aromatic heterocycles. The summed E-state index contributed by atoms with van der Waals surface area (Å²) >= 11 is 0. The molecule has 1 N–H and O–H groups in total. The molecule has 16 heavy (non-hydrogen) atoms. The van der Waals surface area contributed by atoms with Crippen LogP contribution in [0.25, 0.3) is 0 Å². The molecule has 2 rings (SSSR count). The van der Waals surface area contributed by atoms with E-state index < -0.39 is 0 Å². The van der Waals surface area contributed by atoms with Gasteiger partial charge in [0.2, 0.25) is 0 Å². The van der Waals surface area contributed by atoms with Crippen molar-refractivity contribution in [2.75, 3.05) is 32.1 Å². The highest BCUT2D eigenvalue weighted by atomic mass is 16.5. The molecule has 1 saturated heterocycles. The van der Waals surface area contributed by atoms with Gasteiger partial charge in [-0.25, -0.2) is 4.98 Å². The lowest BCUT2D eigenvalue weighted by Gasteiger charge is -2.25. The van der Waals surface area contributed by atoms with Gasteiger partial charge >= 0.3 is 0 Å². The van der Waals surface area contributed by atoms with Crippen molar-refractivity contribution in [3.8, 4) is 5.75 Å². The largest absolute Gasteiger partial charge is 0.485 e. The maximum Gasteiger partial charge on any atom is 0.170 e. The highest BCUT2D eigenvalue weighted by Crippen LogP contribution is 2.25. The molecular formula is C12H19N3O. The Balaban J connectivity index is 2.07. The summed E-state index contributed by atoms with van der Waals surface area (Å²) in [5.41, 5.74) is 0. The maximum absolute atomic E-state index is 5.98. The van der Waals surface area contributed by atoms with Gasteiger partial charge in [-0.2, -0.15) is 0 Å². The number of pyridine rings is 1. The highest BCUT2D eigenvalue weighted by molar-refractivity contribution is 5.50. The van der Waals surface area contributed by atoms with E-state index in [9.17, 15) is 0 Å². The van der Waals surface area contributed by atoms with Gasteiger partial charge in [0.15, 0.2) is 11.6 Å². The second-order valence-electron chi connectivity index (χ2n) is 4.31. The van der Waals surface area contributed by atoms with Crippen LogP contribution in [0.2, 0.25) is 0 Å². The van der Waals surface area contributed by atoms with Crippen molar-refractivity contribution in [1.29, 1.82) is 0 Å². The number of rotatable bonds is 3. The first-order valence-electron chi connectivity index (χ1n) is 5.77. The average Bonchev–Trinajstić information content (AvgIpc) is 2.31. The van der Waals surface area contributed by atoms with E-state index in [1.807, 2.05) is 31.1 Å². The van der Waals surface area contributed by atoms with Crippen LogP contribution in [0.1, 0.15) is 12.8 Å². The minimum Gasteiger partial charge on any atom is -0.485 e. The van der Waals surface area contributed by atoms with Crippen molar-refractivity contribution in [2.24, 2.45) is 0 Å². The molecule has 0 saturated carbocycles. The van der Waals surface area contributed by atoms with E-state index in [0.717, 1.165) is 31.1 Å². The highest BCUT2D eigenvalue weighted by Gasteiger charge is 2.16. The first-order chi connectivity index (χ1) is 7.77. The predicted molar refractivity (Wildman–Crippen MR) is 65.1 cm³/mol. The van der Waals surface area contributed by atoms with Gasteiger partial charge in [0.25, 0.3) is 0 Å². The van der Waals surface area contributed by atoms with Gasteiger partial charge in [0.05, 0.1) is 0 Å². The fraction of sp³-hybridized carbons (Fsp3) is 0.583. The second kappa shape index (κ2) is 5.16. The summed E-state index contributed by atoms with van der Waals surface area (Å²) in [5, 5.41) is 3.34. The molecule has 4 nitrogen and oxygen atoms in total. The quantitative estimate of drug-likeness (QED) is 0.834. The van der Waals surface area contributed by atoms with Gasteiger partial charge in [-0.1, -0.05) is 0 Å². The molecule has 1 fully saturated rings. The van der Waals surface area contributed by atoms with Crippen LogP contribution < -0.4 is 15.0 Å². The molecule has 0 amide bonds. The lowest BCUT2D eigenvalue weighted by atomic mass is 10.1. The van der Waals surface area contributed by atoms with Gasteiger partial charge in [-0.15, -0.1) is 0 Å². The summed E-state index contributed by atoms with van der Waals surface area (Å²) in [6.07, 6.45) is 4.37. The Morgan fingerprint density at radius 1 is 1.50 bits per heavy atom. The topological polar surface area (TPSA) is 37.4 Å². The summed E-state index contributed by atoms with van der Waals surface area (Å²) in [6, 6.07) is 3.90. The second-order valence-corrected chi connectivity index (χ2v) is 4.31. The van der Waals surface area contributed by atoms with Crippen molar-refractivity contribution in [3.63, 3.8) is 0 Å². The third-order valence-corrected chi connectivity index (χ3v) is 2.72. The fourth-order valence-corrected chi connectivity index (χ4v) is 1.91. The summed E-state index contributed by atoms with van der Waals surface area (Å²) in [4.78, 5) is 6.30. The van der Waals surface area contributed by atoms with Crippen molar-refractivity contribution in [2.45, 2.75) is 18.9 Å². The molecule has 1 atom stereocenters. The van der Waals surface area contributed by atoms with Crippen LogP contribution >= 0.6 is 0 Å². The molecule has 0 bridgehead atoms. The van der Waals surface area contributed by atoms with Crippen LogP contribution in [0.15, 0.2) is 18.3 Å². The van der Waals surface area contributed by atoms with Gasteiger partial charge in [0.1, 0.15) is 6.10 Å². The van der Waals surface area contributed by atoms with E-state index in [1.54, 1.807) is 6.20 Å². The third kappa shape index (κ3) is 2.64. The summed E-state index contributed by atoms with van der Waals surface area (Å²) in [5.74, 6) is 1.77. The molecular weight excluding hydrogens is 202 g/mol. The number of hydrogen-bond acceptors (Lipinski definition) is 4. The molecule has 4 heteroatoms. The smallest absolute Gasteiger partial charge is 0.170 e. The number of piperidine rings is 1. The van der Waals surface area contributed by atoms with Crippen LogP contribution in [0.4, 0.5) is 5.82 Å². The van der Waals surface area contributed by atoms with Crippen LogP contribution in [0.3, 0.4) is 0 Å². The molecule has 0 spiro atoms. The normalized spacial score (nSPS) is 20.5. The van der Waals surface area contributed by atoms with Crippen LogP contribution in [0, 0.1) is 0 Å². The predicted octanol–water partition coefficient (Wildman–Crippen LogP) is 1.28. The molecule has 0 aromatic carbocycles. The third-order valence-electron chi connectivity index (χ3n) is 2.72. The monoisotopic (exact) mass is 221 g/mol. The van der Waals surface area contributed by atoms with Crippen LogP contribution in [-0.4, -0.2) is 38.3 Å². The van der Waals surface area contributed by atoms with Crippen molar-refractivity contribution < 1.29 is 4.74 Å². The summed E-state index contributed by atoms with van der Waals surface area (Å²) < 4.78 is 5.98. The summed E-state index contributed by atoms with van der Waals surface area (Å²) in [6.45, 7) is 2.04. The van der Waals surface area contributed by atoms with Gasteiger partial charge in [-0.3, -0.25) is 0 Å². The molecule has 0 radical (unpaired) electrons. The Kier molecular flexibility index (Phi) is 3.62. The summed E-state index contributed by atoms with van der Waals surface area (Å²) in [7, 11) is 3.96. The zero-order valence-electron chi connectivity index (χ0n) is 9.94. The van der Waals surface area contributed by atoms with E-state index in [-0.39, 0.29) is 6.10 Å². The molecule has 88 valence electrons. The molecule has 1 aliphatic rings. The van der Waals surface area contributed by atoms with Gasteiger partial charge in [0, 0.05) is 26.8 Å². The Labute approximate surface area is 96.6 Å². The van der Waals surface area contributed by atoms with E-state index in [2.05, 4.69) is 10.3 Å². The van der Waals surface area contributed by atoms with E-state index in [0.29, 0.717) is 0 Å². The number of anilines is 1. The van der Waals surface area contributed by atoms with Crippen molar-refractivity contribution >= 4 is 5.82 Å². The lowest BCUT2D eigenvalue weighted by molar-refractivity contribution is 0.167. The zero-order chi connectivity index (χ0) is 11.4. The molecule has 2 heterocycles. The standard InChI is InChI=1S/C12H19N3O/c1-15(2)12-11(6-4-8-14-12)16-10-5-3-7-13-9-10/h4,6,8,10,13H,3,5,7,9H2,1-2H3. The Morgan fingerprint density at radius 3 is 3.06 bits per heavy atom. The fourth-order valence-electron chi connectivity index (χ4n) is 1.91. The van der Waals surface area contributed by atoms with E-state index in [1.165, 1.54) is 6.42 Å². The van der Waals surface area contributed by atoms with Crippen molar-refractivity contribution in [3.05, 3.63) is 18.3 Å². The number of nitrogens with one attached hydrogen (secondary N) is 1. The average molecular weight is 221 g/mol. The number of hydrogen-bond donors (Lipinski definition) is 1. The number of ether oxygens (including phenoxy) is 1. The SMILES string of the molecule is CN(C)c1ncccc1OC1CCCNC1. The minimum atomic E-state index is 0.275. The Hall–Kier alpha value is -1.29. The zero-order valence-corrected chi connectivity index (χ0v) is 9.94. The van der Waals surface area contributed by atoms with E-state index in [4.69, 9.17) is 4.74 Å². The number of aromatic nitrogens is 1. The first-order valence-corrected chi connectivity index (χ1v) is 5.77. The molecule has 0 aliphatic carbocycles.